The third kappa shape index (κ3) is 4.68. The average molecular weight is 397 g/mol. The van der Waals surface area contributed by atoms with Crippen molar-refractivity contribution in [3.8, 4) is 0 Å². The van der Waals surface area contributed by atoms with E-state index in [1.165, 1.54) is 16.3 Å². The van der Waals surface area contributed by atoms with E-state index in [0.29, 0.717) is 32.2 Å². The quantitative estimate of drug-likeness (QED) is 0.780. The molecule has 2 aromatic carbocycles. The molecule has 0 bridgehead atoms. The first-order valence-electron chi connectivity index (χ1n) is 10.1. The van der Waals surface area contributed by atoms with Crippen molar-refractivity contribution in [3.63, 3.8) is 0 Å². The molecule has 1 saturated carbocycles. The van der Waals surface area contributed by atoms with E-state index >= 15 is 0 Å². The number of carbonyl (C=O) groups is 2. The summed E-state index contributed by atoms with van der Waals surface area (Å²) in [5.74, 6) is -0.519. The molecule has 2 aliphatic rings. The highest BCUT2D eigenvalue weighted by Gasteiger charge is 2.41. The van der Waals surface area contributed by atoms with Crippen LogP contribution in [0.4, 0.5) is 4.79 Å². The zero-order valence-electron chi connectivity index (χ0n) is 16.6. The largest absolute Gasteiger partial charge is 0.480 e. The van der Waals surface area contributed by atoms with Crippen LogP contribution in [0.15, 0.2) is 42.5 Å². The van der Waals surface area contributed by atoms with Gasteiger partial charge in [-0.05, 0) is 29.8 Å². The lowest BCUT2D eigenvalue weighted by atomic mass is 10.0. The van der Waals surface area contributed by atoms with Gasteiger partial charge in [0.2, 0.25) is 0 Å². The van der Waals surface area contributed by atoms with E-state index in [1.54, 1.807) is 16.8 Å². The summed E-state index contributed by atoms with van der Waals surface area (Å²) in [6, 6.07) is 14.8. The fourth-order valence-corrected chi connectivity index (χ4v) is 4.18. The van der Waals surface area contributed by atoms with E-state index in [1.807, 2.05) is 6.07 Å². The molecule has 1 aliphatic carbocycles. The molecule has 7 heteroatoms. The van der Waals surface area contributed by atoms with Gasteiger partial charge in [0, 0.05) is 31.6 Å². The van der Waals surface area contributed by atoms with Crippen molar-refractivity contribution >= 4 is 22.8 Å². The number of fused-ring (bicyclic) bond motifs is 1. The zero-order chi connectivity index (χ0) is 20.4. The molecule has 0 aromatic heterocycles. The van der Waals surface area contributed by atoms with Crippen LogP contribution in [0.2, 0.25) is 0 Å². The molecule has 0 spiro atoms. The van der Waals surface area contributed by atoms with Crippen LogP contribution in [0.5, 0.6) is 0 Å². The zero-order valence-corrected chi connectivity index (χ0v) is 16.6. The van der Waals surface area contributed by atoms with Crippen molar-refractivity contribution in [3.05, 3.63) is 48.0 Å². The molecule has 1 saturated heterocycles. The summed E-state index contributed by atoms with van der Waals surface area (Å²) in [5.41, 5.74) is 1.29. The molecule has 2 fully saturated rings. The summed E-state index contributed by atoms with van der Waals surface area (Å²) in [6.07, 6.45) is 0.779. The van der Waals surface area contributed by atoms with Gasteiger partial charge >= 0.3 is 12.0 Å². The number of carbonyl (C=O) groups excluding carboxylic acids is 1. The molecule has 29 heavy (non-hydrogen) atoms. The number of morpholine rings is 1. The average Bonchev–Trinajstić information content (AvgIpc) is 3.46. The number of aliphatic carboxylic acids is 1. The summed E-state index contributed by atoms with van der Waals surface area (Å²) in [4.78, 5) is 27.1. The van der Waals surface area contributed by atoms with Gasteiger partial charge in [-0.1, -0.05) is 42.5 Å². The number of hydrogen-bond acceptors (Lipinski definition) is 4. The third-order valence-corrected chi connectivity index (χ3v) is 5.67. The molecule has 0 radical (unpaired) electrons. The van der Waals surface area contributed by atoms with Gasteiger partial charge in [0.15, 0.2) is 0 Å². The van der Waals surface area contributed by atoms with Crippen LogP contribution in [0.25, 0.3) is 10.8 Å². The molecular weight excluding hydrogens is 370 g/mol. The van der Waals surface area contributed by atoms with Crippen molar-refractivity contribution in [1.82, 2.24) is 15.1 Å². The molecule has 1 unspecified atom stereocenters. The Balaban J connectivity index is 1.32. The first kappa shape index (κ1) is 19.7. The van der Waals surface area contributed by atoms with Crippen LogP contribution in [-0.4, -0.2) is 78.9 Å². The van der Waals surface area contributed by atoms with Crippen LogP contribution in [0, 0.1) is 0 Å². The molecule has 2 aromatic rings. The Bertz CT molecular complexity index is 897. The highest BCUT2D eigenvalue weighted by molar-refractivity contribution is 5.87. The van der Waals surface area contributed by atoms with E-state index in [2.05, 4.69) is 41.7 Å². The molecule has 4 rings (SSSR count). The van der Waals surface area contributed by atoms with Gasteiger partial charge in [0.1, 0.15) is 0 Å². The van der Waals surface area contributed by atoms with Crippen molar-refractivity contribution in [2.45, 2.75) is 24.5 Å². The van der Waals surface area contributed by atoms with E-state index in [-0.39, 0.29) is 24.7 Å². The Morgan fingerprint density at radius 1 is 1.24 bits per heavy atom. The molecule has 7 nitrogen and oxygen atoms in total. The van der Waals surface area contributed by atoms with Gasteiger partial charge in [0.05, 0.1) is 19.3 Å². The van der Waals surface area contributed by atoms with Crippen LogP contribution in [0.1, 0.15) is 17.9 Å². The van der Waals surface area contributed by atoms with Gasteiger partial charge in [-0.2, -0.15) is 0 Å². The summed E-state index contributed by atoms with van der Waals surface area (Å²) in [5, 5.41) is 14.5. The van der Waals surface area contributed by atoms with Gasteiger partial charge < -0.3 is 20.1 Å². The molecule has 2 N–H and O–H groups in total. The maximum Gasteiger partial charge on any atom is 0.317 e. The Morgan fingerprint density at radius 2 is 2.03 bits per heavy atom. The van der Waals surface area contributed by atoms with E-state index in [4.69, 9.17) is 9.84 Å². The van der Waals surface area contributed by atoms with Crippen LogP contribution >= 0.6 is 0 Å². The maximum absolute atomic E-state index is 12.7. The number of amides is 2. The fraction of sp³-hybridized carbons (Fsp3) is 0.455. The molecule has 3 atom stereocenters. The first-order chi connectivity index (χ1) is 14.0. The Labute approximate surface area is 170 Å². The number of urea groups is 1. The van der Waals surface area contributed by atoms with E-state index in [0.717, 1.165) is 6.42 Å². The van der Waals surface area contributed by atoms with Crippen molar-refractivity contribution in [2.24, 2.45) is 0 Å². The number of hydrogen-bond donors (Lipinski definition) is 2. The summed E-state index contributed by atoms with van der Waals surface area (Å²) in [6.45, 7) is 1.94. The number of nitrogens with one attached hydrogen (secondary N) is 1. The Kier molecular flexibility index (Phi) is 5.69. The highest BCUT2D eigenvalue weighted by atomic mass is 16.5. The molecule has 2 amide bonds. The van der Waals surface area contributed by atoms with Gasteiger partial charge in [-0.3, -0.25) is 9.69 Å². The number of ether oxygens (including phenoxy) is 1. The van der Waals surface area contributed by atoms with Crippen LogP contribution in [0.3, 0.4) is 0 Å². The van der Waals surface area contributed by atoms with E-state index < -0.39 is 5.97 Å². The normalized spacial score (nSPS) is 23.9. The number of carboxylic acids is 1. The summed E-state index contributed by atoms with van der Waals surface area (Å²) < 4.78 is 5.71. The monoisotopic (exact) mass is 397 g/mol. The van der Waals surface area contributed by atoms with Gasteiger partial charge in [-0.15, -0.1) is 0 Å². The number of carboxylic acid groups (broad SMARTS) is 1. The molecule has 1 aliphatic heterocycles. The second-order valence-corrected chi connectivity index (χ2v) is 8.00. The predicted octanol–water partition coefficient (Wildman–Crippen LogP) is 2.12. The van der Waals surface area contributed by atoms with Crippen LogP contribution < -0.4 is 5.32 Å². The molecular formula is C22H27N3O4. The maximum atomic E-state index is 12.7. The lowest BCUT2D eigenvalue weighted by Gasteiger charge is -2.34. The third-order valence-electron chi connectivity index (χ3n) is 5.67. The predicted molar refractivity (Wildman–Crippen MR) is 110 cm³/mol. The smallest absolute Gasteiger partial charge is 0.317 e. The highest BCUT2D eigenvalue weighted by Crippen LogP contribution is 2.43. The Hall–Kier alpha value is -2.64. The topological polar surface area (TPSA) is 82.1 Å². The number of benzene rings is 2. The summed E-state index contributed by atoms with van der Waals surface area (Å²) in [7, 11) is 1.75. The van der Waals surface area contributed by atoms with Gasteiger partial charge in [-0.25, -0.2) is 4.79 Å². The Morgan fingerprint density at radius 3 is 2.86 bits per heavy atom. The molecule has 154 valence electrons. The SMILES string of the molecule is CN(CC(=O)O)CC1CN(C(=O)N[C@@H]2C[C@H]2c2cccc3ccccc23)CCO1. The standard InChI is InChI=1S/C22H27N3O4/c1-24(14-21(26)27)12-16-13-25(9-10-29-16)22(28)23-20-11-19(20)18-8-4-6-15-5-2-3-7-17(15)18/h2-8,16,19-20H,9-14H2,1H3,(H,23,28)(H,26,27)/t16?,19-,20+/m0/s1. The second-order valence-electron chi connectivity index (χ2n) is 8.00. The molecule has 1 heterocycles. The second kappa shape index (κ2) is 8.39. The van der Waals surface area contributed by atoms with Crippen LogP contribution in [-0.2, 0) is 9.53 Å². The van der Waals surface area contributed by atoms with Gasteiger partial charge in [0.25, 0.3) is 0 Å². The minimum absolute atomic E-state index is 0.0408. The number of nitrogens with zero attached hydrogens (tertiary/aromatic N) is 2. The lowest BCUT2D eigenvalue weighted by molar-refractivity contribution is -0.138. The van der Waals surface area contributed by atoms with Crippen molar-refractivity contribution in [2.75, 3.05) is 39.8 Å². The lowest BCUT2D eigenvalue weighted by Crippen LogP contribution is -2.52. The number of likely N-dealkylation sites (N-methyl/N-ethyl adjacent to an activating group) is 1. The van der Waals surface area contributed by atoms with Crippen molar-refractivity contribution < 1.29 is 19.4 Å². The first-order valence-corrected chi connectivity index (χ1v) is 10.1. The van der Waals surface area contributed by atoms with E-state index in [9.17, 15) is 9.59 Å². The fourth-order valence-electron chi connectivity index (χ4n) is 4.18. The summed E-state index contributed by atoms with van der Waals surface area (Å²) >= 11 is 0. The van der Waals surface area contributed by atoms with Crippen molar-refractivity contribution in [1.29, 1.82) is 0 Å². The number of rotatable bonds is 6. The minimum atomic E-state index is -0.869. The minimum Gasteiger partial charge on any atom is -0.480 e.